The quantitative estimate of drug-likeness (QED) is 0.605. The number of esters is 1. The summed E-state index contributed by atoms with van der Waals surface area (Å²) in [6.07, 6.45) is 0.251. The molecule has 6 nitrogen and oxygen atoms in total. The zero-order chi connectivity index (χ0) is 15.5. The van der Waals surface area contributed by atoms with Crippen molar-refractivity contribution in [2.45, 2.75) is 25.5 Å². The molecule has 0 aliphatic carbocycles. The van der Waals surface area contributed by atoms with Crippen molar-refractivity contribution in [3.05, 3.63) is 15.8 Å². The van der Waals surface area contributed by atoms with Gasteiger partial charge in [-0.1, -0.05) is 19.1 Å². The summed E-state index contributed by atoms with van der Waals surface area (Å²) in [5.74, 6) is -0.593. The van der Waals surface area contributed by atoms with Crippen molar-refractivity contribution in [2.24, 2.45) is 5.73 Å². The van der Waals surface area contributed by atoms with E-state index in [0.29, 0.717) is 5.56 Å². The summed E-state index contributed by atoms with van der Waals surface area (Å²) in [6.45, 7) is 3.37. The average Bonchev–Trinajstić information content (AvgIpc) is 2.69. The number of rotatable bonds is 6. The molecule has 112 valence electrons. The molecule has 1 aromatic heterocycles. The summed E-state index contributed by atoms with van der Waals surface area (Å²) in [5.41, 5.74) is 6.30. The third-order valence-corrected chi connectivity index (χ3v) is 5.99. The Morgan fingerprint density at radius 2 is 2.20 bits per heavy atom. The van der Waals surface area contributed by atoms with Crippen LogP contribution in [0.1, 0.15) is 28.6 Å². The van der Waals surface area contributed by atoms with Gasteiger partial charge in [-0.05, 0) is 24.3 Å². The van der Waals surface area contributed by atoms with Crippen LogP contribution in [0.5, 0.6) is 0 Å². The van der Waals surface area contributed by atoms with Gasteiger partial charge in [0.25, 0.3) is 0 Å². The molecule has 0 aliphatic heterocycles. The first-order valence-electron chi connectivity index (χ1n) is 5.71. The zero-order valence-corrected chi connectivity index (χ0v) is 13.7. The van der Waals surface area contributed by atoms with E-state index >= 15 is 0 Å². The summed E-state index contributed by atoms with van der Waals surface area (Å²) >= 11 is 5.88. The van der Waals surface area contributed by atoms with Crippen molar-refractivity contribution in [1.29, 1.82) is 0 Å². The molecule has 0 saturated heterocycles. The lowest BCUT2D eigenvalue weighted by molar-refractivity contribution is 0.0607. The van der Waals surface area contributed by atoms with Crippen LogP contribution in [0.4, 0.5) is 5.69 Å². The first-order valence-corrected chi connectivity index (χ1v) is 8.55. The predicted octanol–water partition coefficient (Wildman–Crippen LogP) is 1.65. The summed E-state index contributed by atoms with van der Waals surface area (Å²) in [5, 5.41) is 0.688. The molecule has 3 N–H and O–H groups in total. The fourth-order valence-corrected chi connectivity index (χ4v) is 4.57. The molecule has 0 aliphatic rings. The molecule has 0 bridgehead atoms. The monoisotopic (exact) mass is 336 g/mol. The van der Waals surface area contributed by atoms with Gasteiger partial charge in [-0.15, -0.1) is 11.3 Å². The molecular formula is C11H16N2O4S3. The van der Waals surface area contributed by atoms with Crippen LogP contribution in [-0.2, 0) is 14.8 Å². The van der Waals surface area contributed by atoms with Crippen LogP contribution in [0.25, 0.3) is 0 Å². The van der Waals surface area contributed by atoms with Crippen molar-refractivity contribution in [3.63, 3.8) is 0 Å². The van der Waals surface area contributed by atoms with E-state index < -0.39 is 21.2 Å². The molecule has 1 aromatic rings. The largest absolute Gasteiger partial charge is 0.465 e. The van der Waals surface area contributed by atoms with Crippen LogP contribution < -0.4 is 10.5 Å². The number of sulfonamides is 1. The van der Waals surface area contributed by atoms with E-state index in [9.17, 15) is 13.2 Å². The Labute approximate surface area is 127 Å². The van der Waals surface area contributed by atoms with Crippen molar-refractivity contribution in [3.8, 4) is 0 Å². The van der Waals surface area contributed by atoms with E-state index in [0.717, 1.165) is 11.3 Å². The van der Waals surface area contributed by atoms with Gasteiger partial charge in [-0.3, -0.25) is 4.72 Å². The molecule has 1 heterocycles. The maximum absolute atomic E-state index is 12.3. The van der Waals surface area contributed by atoms with Gasteiger partial charge < -0.3 is 10.5 Å². The fourth-order valence-electron chi connectivity index (χ4n) is 1.60. The Hall–Kier alpha value is -1.19. The standard InChI is InChI=1S/C11H16N2O4S3/c1-4-7(10(12)18)20(15,16)13-8-6(2)5-19-9(8)11(14)17-3/h5,7,13H,4H2,1-3H3,(H2,12,18). The van der Waals surface area contributed by atoms with Crippen molar-refractivity contribution >= 4 is 50.2 Å². The number of hydrogen-bond acceptors (Lipinski definition) is 6. The van der Waals surface area contributed by atoms with Gasteiger partial charge in [0.1, 0.15) is 10.1 Å². The Morgan fingerprint density at radius 3 is 2.65 bits per heavy atom. The second kappa shape index (κ2) is 6.51. The lowest BCUT2D eigenvalue weighted by Gasteiger charge is -2.16. The highest BCUT2D eigenvalue weighted by atomic mass is 32.2. The number of thiocarbonyl (C=S) groups is 1. The molecule has 0 saturated carbocycles. The molecule has 9 heteroatoms. The van der Waals surface area contributed by atoms with Gasteiger partial charge in [0, 0.05) is 0 Å². The summed E-state index contributed by atoms with van der Waals surface area (Å²) in [4.78, 5) is 11.7. The van der Waals surface area contributed by atoms with Gasteiger partial charge in [0.2, 0.25) is 10.0 Å². The average molecular weight is 336 g/mol. The van der Waals surface area contributed by atoms with Gasteiger partial charge in [-0.25, -0.2) is 13.2 Å². The number of anilines is 1. The van der Waals surface area contributed by atoms with Crippen LogP contribution in [0, 0.1) is 6.92 Å². The number of ether oxygens (including phenoxy) is 1. The van der Waals surface area contributed by atoms with E-state index in [4.69, 9.17) is 18.0 Å². The molecule has 0 aromatic carbocycles. The summed E-state index contributed by atoms with van der Waals surface area (Å²) in [7, 11) is -2.56. The number of aryl methyl sites for hydroxylation is 1. The lowest BCUT2D eigenvalue weighted by Crippen LogP contribution is -2.37. The highest BCUT2D eigenvalue weighted by Gasteiger charge is 2.29. The van der Waals surface area contributed by atoms with Crippen LogP contribution in [0.2, 0.25) is 0 Å². The van der Waals surface area contributed by atoms with E-state index in [1.165, 1.54) is 7.11 Å². The van der Waals surface area contributed by atoms with Crippen LogP contribution >= 0.6 is 23.6 Å². The van der Waals surface area contributed by atoms with E-state index in [-0.39, 0.29) is 22.0 Å². The molecule has 1 unspecified atom stereocenters. The Bertz CT molecular complexity index is 622. The number of thiophene rings is 1. The molecule has 0 fully saturated rings. The maximum Gasteiger partial charge on any atom is 0.350 e. The second-order valence-corrected chi connectivity index (χ2v) is 7.27. The van der Waals surface area contributed by atoms with Gasteiger partial charge in [0.05, 0.1) is 17.8 Å². The Kier molecular flexibility index (Phi) is 5.49. The first kappa shape index (κ1) is 16.9. The fraction of sp³-hybridized carbons (Fsp3) is 0.455. The molecular weight excluding hydrogens is 320 g/mol. The molecule has 1 atom stereocenters. The third kappa shape index (κ3) is 3.47. The minimum Gasteiger partial charge on any atom is -0.465 e. The minimum atomic E-state index is -3.80. The van der Waals surface area contributed by atoms with Crippen LogP contribution in [0.15, 0.2) is 5.38 Å². The topological polar surface area (TPSA) is 98.5 Å². The molecule has 0 amide bonds. The highest BCUT2D eigenvalue weighted by Crippen LogP contribution is 2.30. The Balaban J connectivity index is 3.19. The van der Waals surface area contributed by atoms with E-state index in [1.807, 2.05) is 0 Å². The molecule has 0 spiro atoms. The zero-order valence-electron chi connectivity index (χ0n) is 11.3. The minimum absolute atomic E-state index is 0.104. The molecule has 1 rings (SSSR count). The van der Waals surface area contributed by atoms with Crippen LogP contribution in [-0.4, -0.2) is 31.7 Å². The summed E-state index contributed by atoms with van der Waals surface area (Å²) in [6, 6.07) is 0. The van der Waals surface area contributed by atoms with Crippen LogP contribution in [0.3, 0.4) is 0 Å². The SMILES string of the molecule is CCC(C(N)=S)S(=O)(=O)Nc1c(C)csc1C(=O)OC. The predicted molar refractivity (Wildman–Crippen MR) is 83.8 cm³/mol. The number of carbonyl (C=O) groups is 1. The molecule has 20 heavy (non-hydrogen) atoms. The number of hydrogen-bond donors (Lipinski definition) is 2. The number of nitrogens with two attached hydrogens (primary N) is 1. The van der Waals surface area contributed by atoms with E-state index in [2.05, 4.69) is 9.46 Å². The van der Waals surface area contributed by atoms with Crippen molar-refractivity contribution in [1.82, 2.24) is 0 Å². The highest BCUT2D eigenvalue weighted by molar-refractivity contribution is 7.95. The Morgan fingerprint density at radius 1 is 1.60 bits per heavy atom. The van der Waals surface area contributed by atoms with Gasteiger partial charge in [-0.2, -0.15) is 0 Å². The second-order valence-electron chi connectivity index (χ2n) is 4.06. The normalized spacial score (nSPS) is 12.8. The molecule has 0 radical (unpaired) electrons. The number of nitrogens with one attached hydrogen (secondary N) is 1. The number of carbonyl (C=O) groups excluding carboxylic acids is 1. The third-order valence-electron chi connectivity index (χ3n) is 2.65. The van der Waals surface area contributed by atoms with Gasteiger partial charge >= 0.3 is 5.97 Å². The van der Waals surface area contributed by atoms with E-state index in [1.54, 1.807) is 19.2 Å². The summed E-state index contributed by atoms with van der Waals surface area (Å²) < 4.78 is 31.5. The van der Waals surface area contributed by atoms with Gasteiger partial charge in [0.15, 0.2) is 0 Å². The lowest BCUT2D eigenvalue weighted by atomic mass is 10.3. The van der Waals surface area contributed by atoms with Crippen molar-refractivity contribution < 1.29 is 17.9 Å². The van der Waals surface area contributed by atoms with Crippen molar-refractivity contribution in [2.75, 3.05) is 11.8 Å². The maximum atomic E-state index is 12.3. The number of methoxy groups -OCH3 is 1. The first-order chi connectivity index (χ1) is 9.24. The smallest absolute Gasteiger partial charge is 0.350 e.